The lowest BCUT2D eigenvalue weighted by atomic mass is 9.93. The second-order valence-corrected chi connectivity index (χ2v) is 6.10. The molecule has 0 bridgehead atoms. The molecule has 1 atom stereocenters. The first-order chi connectivity index (χ1) is 8.67. The molecule has 3 nitrogen and oxygen atoms in total. The first-order valence-electron chi connectivity index (χ1n) is 7.05. The van der Waals surface area contributed by atoms with Crippen molar-refractivity contribution in [3.63, 3.8) is 0 Å². The third-order valence-electron chi connectivity index (χ3n) is 4.48. The van der Waals surface area contributed by atoms with E-state index in [-0.39, 0.29) is 0 Å². The molecule has 2 heterocycles. The van der Waals surface area contributed by atoms with Crippen LogP contribution in [0.4, 0.5) is 0 Å². The summed E-state index contributed by atoms with van der Waals surface area (Å²) in [6.45, 7) is 8.95. The summed E-state index contributed by atoms with van der Waals surface area (Å²) in [4.78, 5) is 7.08. The van der Waals surface area contributed by atoms with Crippen LogP contribution >= 0.6 is 0 Å². The summed E-state index contributed by atoms with van der Waals surface area (Å²) in [5.41, 5.74) is 2.88. The molecule has 1 aromatic rings. The highest BCUT2D eigenvalue weighted by Gasteiger charge is 2.43. The lowest BCUT2D eigenvalue weighted by molar-refractivity contribution is 0.120. The number of nitrogens with zero attached hydrogens (tertiary/aromatic N) is 2. The number of piperazine rings is 1. The number of hydrogen-bond acceptors (Lipinski definition) is 3. The van der Waals surface area contributed by atoms with Crippen molar-refractivity contribution in [2.45, 2.75) is 38.8 Å². The highest BCUT2D eigenvalue weighted by molar-refractivity contribution is 5.17. The van der Waals surface area contributed by atoms with Gasteiger partial charge in [0.15, 0.2) is 0 Å². The molecule has 1 aromatic heterocycles. The van der Waals surface area contributed by atoms with Crippen LogP contribution in [0, 0.1) is 12.8 Å². The van der Waals surface area contributed by atoms with Crippen molar-refractivity contribution in [3.05, 3.63) is 29.6 Å². The first-order valence-corrected chi connectivity index (χ1v) is 7.05. The average Bonchev–Trinajstić information content (AvgIpc) is 3.17. The van der Waals surface area contributed by atoms with Gasteiger partial charge in [0.1, 0.15) is 0 Å². The highest BCUT2D eigenvalue weighted by Crippen LogP contribution is 2.40. The van der Waals surface area contributed by atoms with Crippen molar-refractivity contribution in [1.82, 2.24) is 15.2 Å². The van der Waals surface area contributed by atoms with Gasteiger partial charge in [-0.25, -0.2) is 0 Å². The minimum absolute atomic E-state index is 0.334. The molecule has 0 amide bonds. The largest absolute Gasteiger partial charge is 0.309 e. The zero-order chi connectivity index (χ0) is 12.6. The summed E-state index contributed by atoms with van der Waals surface area (Å²) in [5, 5.41) is 3.73. The Bertz CT molecular complexity index is 428. The maximum atomic E-state index is 4.52. The van der Waals surface area contributed by atoms with Crippen LogP contribution < -0.4 is 5.32 Å². The van der Waals surface area contributed by atoms with Crippen LogP contribution in [-0.4, -0.2) is 35.1 Å². The highest BCUT2D eigenvalue weighted by atomic mass is 15.2. The second-order valence-electron chi connectivity index (χ2n) is 6.10. The number of rotatable bonds is 3. The summed E-state index contributed by atoms with van der Waals surface area (Å²) in [5.74, 6) is 0.894. The Morgan fingerprint density at radius 2 is 2.33 bits per heavy atom. The molecule has 1 aliphatic carbocycles. The summed E-state index contributed by atoms with van der Waals surface area (Å²) in [6.07, 6.45) is 4.71. The molecule has 0 spiro atoms. The van der Waals surface area contributed by atoms with E-state index in [1.54, 1.807) is 0 Å². The minimum Gasteiger partial charge on any atom is -0.309 e. The fourth-order valence-corrected chi connectivity index (χ4v) is 3.12. The summed E-state index contributed by atoms with van der Waals surface area (Å²) < 4.78 is 0. The Morgan fingerprint density at radius 3 is 3.06 bits per heavy atom. The standard InChI is InChI=1S/C15H23N3/c1-12-4-3-7-16-14(12)10-18-9-8-17-15(2,11-18)13-5-6-13/h3-4,7,13,17H,5-6,8-11H2,1-2H3. The average molecular weight is 245 g/mol. The second kappa shape index (κ2) is 4.63. The topological polar surface area (TPSA) is 28.2 Å². The number of nitrogens with one attached hydrogen (secondary N) is 1. The lowest BCUT2D eigenvalue weighted by Crippen LogP contribution is -2.59. The molecule has 0 radical (unpaired) electrons. The van der Waals surface area contributed by atoms with Gasteiger partial charge in [-0.1, -0.05) is 6.07 Å². The van der Waals surface area contributed by atoms with Crippen molar-refractivity contribution in [1.29, 1.82) is 0 Å². The van der Waals surface area contributed by atoms with Gasteiger partial charge < -0.3 is 5.32 Å². The van der Waals surface area contributed by atoms with Crippen molar-refractivity contribution >= 4 is 0 Å². The molecule has 1 aliphatic heterocycles. The maximum absolute atomic E-state index is 4.52. The first kappa shape index (κ1) is 12.1. The van der Waals surface area contributed by atoms with Crippen LogP contribution in [0.15, 0.2) is 18.3 Å². The molecule has 2 aliphatic rings. The van der Waals surface area contributed by atoms with E-state index in [2.05, 4.69) is 35.1 Å². The van der Waals surface area contributed by atoms with Crippen LogP contribution in [0.25, 0.3) is 0 Å². The quantitative estimate of drug-likeness (QED) is 0.882. The maximum Gasteiger partial charge on any atom is 0.0573 e. The summed E-state index contributed by atoms with van der Waals surface area (Å²) in [6, 6.07) is 4.18. The third kappa shape index (κ3) is 2.43. The Kier molecular flexibility index (Phi) is 3.12. The van der Waals surface area contributed by atoms with Crippen molar-refractivity contribution in [3.8, 4) is 0 Å². The Hall–Kier alpha value is -0.930. The van der Waals surface area contributed by atoms with E-state index in [1.165, 1.54) is 24.1 Å². The van der Waals surface area contributed by atoms with Gasteiger partial charge in [-0.3, -0.25) is 9.88 Å². The van der Waals surface area contributed by atoms with Gasteiger partial charge in [-0.05, 0) is 44.2 Å². The van der Waals surface area contributed by atoms with Crippen LogP contribution in [0.5, 0.6) is 0 Å². The van der Waals surface area contributed by atoms with E-state index in [9.17, 15) is 0 Å². The van der Waals surface area contributed by atoms with E-state index >= 15 is 0 Å². The van der Waals surface area contributed by atoms with E-state index in [0.717, 1.165) is 32.1 Å². The van der Waals surface area contributed by atoms with Crippen LogP contribution in [0.1, 0.15) is 31.0 Å². The van der Waals surface area contributed by atoms with Gasteiger partial charge in [0.25, 0.3) is 0 Å². The van der Waals surface area contributed by atoms with Gasteiger partial charge >= 0.3 is 0 Å². The van der Waals surface area contributed by atoms with Crippen molar-refractivity contribution in [2.75, 3.05) is 19.6 Å². The molecular formula is C15H23N3. The Morgan fingerprint density at radius 1 is 1.50 bits per heavy atom. The number of aryl methyl sites for hydroxylation is 1. The molecule has 2 fully saturated rings. The van der Waals surface area contributed by atoms with Crippen LogP contribution in [-0.2, 0) is 6.54 Å². The van der Waals surface area contributed by atoms with Gasteiger partial charge in [-0.15, -0.1) is 0 Å². The molecule has 1 unspecified atom stereocenters. The van der Waals surface area contributed by atoms with E-state index in [0.29, 0.717) is 5.54 Å². The van der Waals surface area contributed by atoms with Crippen LogP contribution in [0.3, 0.4) is 0 Å². The Labute approximate surface area is 110 Å². The van der Waals surface area contributed by atoms with E-state index in [4.69, 9.17) is 0 Å². The monoisotopic (exact) mass is 245 g/mol. The van der Waals surface area contributed by atoms with Gasteiger partial charge in [0.05, 0.1) is 5.69 Å². The molecule has 3 heteroatoms. The minimum atomic E-state index is 0.334. The summed E-state index contributed by atoms with van der Waals surface area (Å²) in [7, 11) is 0. The SMILES string of the molecule is Cc1cccnc1CN1CCNC(C)(C2CC2)C1. The molecular weight excluding hydrogens is 222 g/mol. The van der Waals surface area contributed by atoms with E-state index < -0.39 is 0 Å². The smallest absolute Gasteiger partial charge is 0.0573 e. The fraction of sp³-hybridized carbons (Fsp3) is 0.667. The predicted octanol–water partition coefficient (Wildman–Crippen LogP) is 1.96. The fourth-order valence-electron chi connectivity index (χ4n) is 3.12. The molecule has 1 N–H and O–H groups in total. The van der Waals surface area contributed by atoms with Gasteiger partial charge in [-0.2, -0.15) is 0 Å². The molecule has 0 aromatic carbocycles. The molecule has 18 heavy (non-hydrogen) atoms. The molecule has 3 rings (SSSR count). The van der Waals surface area contributed by atoms with E-state index in [1.807, 2.05) is 12.3 Å². The number of pyridine rings is 1. The lowest BCUT2D eigenvalue weighted by Gasteiger charge is -2.42. The number of hydrogen-bond donors (Lipinski definition) is 1. The van der Waals surface area contributed by atoms with Crippen molar-refractivity contribution in [2.24, 2.45) is 5.92 Å². The third-order valence-corrected chi connectivity index (χ3v) is 4.48. The molecule has 1 saturated heterocycles. The predicted molar refractivity (Wildman–Crippen MR) is 73.4 cm³/mol. The molecule has 1 saturated carbocycles. The van der Waals surface area contributed by atoms with Crippen molar-refractivity contribution < 1.29 is 0 Å². The zero-order valence-corrected chi connectivity index (χ0v) is 11.4. The van der Waals surface area contributed by atoms with Gasteiger partial charge in [0.2, 0.25) is 0 Å². The van der Waals surface area contributed by atoms with Gasteiger partial charge in [0, 0.05) is 37.9 Å². The molecule has 98 valence electrons. The summed E-state index contributed by atoms with van der Waals surface area (Å²) >= 11 is 0. The normalized spacial score (nSPS) is 29.4. The zero-order valence-electron chi connectivity index (χ0n) is 11.4. The number of aromatic nitrogens is 1. The van der Waals surface area contributed by atoms with Crippen LogP contribution in [0.2, 0.25) is 0 Å². The Balaban J connectivity index is 1.68.